The predicted octanol–water partition coefficient (Wildman–Crippen LogP) is 1.66. The first-order chi connectivity index (χ1) is 10.2. The number of ether oxygens (including phenoxy) is 1. The number of rotatable bonds is 6. The van der Waals surface area contributed by atoms with Crippen molar-refractivity contribution in [3.05, 3.63) is 59.7 Å². The summed E-state index contributed by atoms with van der Waals surface area (Å²) >= 11 is 0. The number of carbonyl (C=O) groups is 1. The van der Waals surface area contributed by atoms with Gasteiger partial charge in [0.25, 0.3) is 5.91 Å². The minimum atomic E-state index is -0.261. The molecule has 0 saturated heterocycles. The SMILES string of the molecule is NCc1ccc(NC(=O)COc2ccccc2CO)cc1. The average Bonchev–Trinajstić information content (AvgIpc) is 2.54. The van der Waals surface area contributed by atoms with Crippen molar-refractivity contribution in [3.63, 3.8) is 0 Å². The molecule has 0 radical (unpaired) electrons. The second-order valence-electron chi connectivity index (χ2n) is 4.50. The Morgan fingerprint density at radius 3 is 2.52 bits per heavy atom. The highest BCUT2D eigenvalue weighted by molar-refractivity contribution is 5.91. The number of nitrogens with one attached hydrogen (secondary N) is 1. The van der Waals surface area contributed by atoms with Crippen molar-refractivity contribution in [2.75, 3.05) is 11.9 Å². The van der Waals surface area contributed by atoms with Crippen molar-refractivity contribution in [1.82, 2.24) is 0 Å². The highest BCUT2D eigenvalue weighted by Crippen LogP contribution is 2.17. The number of para-hydroxylation sites is 1. The van der Waals surface area contributed by atoms with Crippen LogP contribution in [-0.2, 0) is 17.9 Å². The normalized spacial score (nSPS) is 10.2. The van der Waals surface area contributed by atoms with E-state index in [0.29, 0.717) is 23.5 Å². The molecule has 0 bridgehead atoms. The molecule has 0 spiro atoms. The lowest BCUT2D eigenvalue weighted by molar-refractivity contribution is -0.118. The highest BCUT2D eigenvalue weighted by atomic mass is 16.5. The van der Waals surface area contributed by atoms with Gasteiger partial charge in [0.2, 0.25) is 0 Å². The van der Waals surface area contributed by atoms with Gasteiger partial charge >= 0.3 is 0 Å². The highest BCUT2D eigenvalue weighted by Gasteiger charge is 2.06. The van der Waals surface area contributed by atoms with Crippen molar-refractivity contribution in [2.24, 2.45) is 5.73 Å². The van der Waals surface area contributed by atoms with Crippen LogP contribution in [0.2, 0.25) is 0 Å². The van der Waals surface area contributed by atoms with Crippen molar-refractivity contribution >= 4 is 11.6 Å². The summed E-state index contributed by atoms with van der Waals surface area (Å²) < 4.78 is 5.41. The lowest BCUT2D eigenvalue weighted by atomic mass is 10.2. The molecule has 0 aliphatic carbocycles. The van der Waals surface area contributed by atoms with Crippen LogP contribution in [0.5, 0.6) is 5.75 Å². The van der Waals surface area contributed by atoms with E-state index < -0.39 is 0 Å². The fourth-order valence-corrected chi connectivity index (χ4v) is 1.84. The van der Waals surface area contributed by atoms with E-state index in [1.807, 2.05) is 12.1 Å². The molecule has 0 aliphatic rings. The Bertz CT molecular complexity index is 597. The third-order valence-electron chi connectivity index (χ3n) is 2.98. The lowest BCUT2D eigenvalue weighted by Crippen LogP contribution is -2.20. The Labute approximate surface area is 123 Å². The van der Waals surface area contributed by atoms with Gasteiger partial charge < -0.3 is 20.9 Å². The number of carbonyl (C=O) groups excluding carboxylic acids is 1. The van der Waals surface area contributed by atoms with Gasteiger partial charge in [0, 0.05) is 17.8 Å². The molecule has 5 heteroatoms. The van der Waals surface area contributed by atoms with Crippen molar-refractivity contribution in [1.29, 1.82) is 0 Å². The lowest BCUT2D eigenvalue weighted by Gasteiger charge is -2.10. The number of aliphatic hydroxyl groups is 1. The number of benzene rings is 2. The molecular weight excluding hydrogens is 268 g/mol. The maximum atomic E-state index is 11.8. The monoisotopic (exact) mass is 286 g/mol. The summed E-state index contributed by atoms with van der Waals surface area (Å²) in [4.78, 5) is 11.8. The first kappa shape index (κ1) is 15.0. The maximum absolute atomic E-state index is 11.8. The first-order valence-electron chi connectivity index (χ1n) is 6.63. The van der Waals surface area contributed by atoms with Gasteiger partial charge in [-0.2, -0.15) is 0 Å². The van der Waals surface area contributed by atoms with E-state index in [1.54, 1.807) is 36.4 Å². The number of hydrogen-bond acceptors (Lipinski definition) is 4. The van der Waals surface area contributed by atoms with E-state index in [4.69, 9.17) is 10.5 Å². The van der Waals surface area contributed by atoms with Gasteiger partial charge in [-0.1, -0.05) is 30.3 Å². The van der Waals surface area contributed by atoms with Crippen LogP contribution < -0.4 is 15.8 Å². The predicted molar refractivity (Wildman–Crippen MR) is 80.8 cm³/mol. The van der Waals surface area contributed by atoms with Gasteiger partial charge in [0.1, 0.15) is 5.75 Å². The largest absolute Gasteiger partial charge is 0.483 e. The molecule has 110 valence electrons. The maximum Gasteiger partial charge on any atom is 0.262 e. The Kier molecular flexibility index (Phi) is 5.31. The fourth-order valence-electron chi connectivity index (χ4n) is 1.84. The van der Waals surface area contributed by atoms with Crippen LogP contribution in [0.15, 0.2) is 48.5 Å². The number of hydrogen-bond donors (Lipinski definition) is 3. The van der Waals surface area contributed by atoms with E-state index in [2.05, 4.69) is 5.32 Å². The van der Waals surface area contributed by atoms with E-state index in [0.717, 1.165) is 5.56 Å². The molecular formula is C16H18N2O3. The summed E-state index contributed by atoms with van der Waals surface area (Å²) in [6.07, 6.45) is 0. The Morgan fingerprint density at radius 1 is 1.14 bits per heavy atom. The van der Waals surface area contributed by atoms with Gasteiger partial charge in [-0.25, -0.2) is 0 Å². The van der Waals surface area contributed by atoms with Gasteiger partial charge in [-0.15, -0.1) is 0 Å². The topological polar surface area (TPSA) is 84.6 Å². The molecule has 0 atom stereocenters. The molecule has 2 aromatic rings. The van der Waals surface area contributed by atoms with Crippen LogP contribution in [0.1, 0.15) is 11.1 Å². The average molecular weight is 286 g/mol. The summed E-state index contributed by atoms with van der Waals surface area (Å²) in [5, 5.41) is 11.9. The zero-order valence-electron chi connectivity index (χ0n) is 11.6. The van der Waals surface area contributed by atoms with Gasteiger partial charge in [0.05, 0.1) is 6.61 Å². The standard InChI is InChI=1S/C16H18N2O3/c17-9-12-5-7-14(8-6-12)18-16(20)11-21-15-4-2-1-3-13(15)10-19/h1-8,19H,9-11,17H2,(H,18,20). The molecule has 0 fully saturated rings. The summed E-state index contributed by atoms with van der Waals surface area (Å²) in [5.74, 6) is 0.247. The second kappa shape index (κ2) is 7.42. The molecule has 0 heterocycles. The Balaban J connectivity index is 1.89. The molecule has 4 N–H and O–H groups in total. The Hall–Kier alpha value is -2.37. The molecule has 0 aromatic heterocycles. The van der Waals surface area contributed by atoms with Crippen molar-refractivity contribution < 1.29 is 14.6 Å². The first-order valence-corrected chi connectivity index (χ1v) is 6.63. The molecule has 2 aromatic carbocycles. The zero-order valence-corrected chi connectivity index (χ0v) is 11.6. The summed E-state index contributed by atoms with van der Waals surface area (Å²) in [6.45, 7) is 0.225. The van der Waals surface area contributed by atoms with Gasteiger partial charge in [-0.3, -0.25) is 4.79 Å². The molecule has 5 nitrogen and oxygen atoms in total. The quantitative estimate of drug-likeness (QED) is 0.754. The molecule has 0 saturated carbocycles. The van der Waals surface area contributed by atoms with Crippen molar-refractivity contribution in [2.45, 2.75) is 13.2 Å². The van der Waals surface area contributed by atoms with Crippen LogP contribution in [0, 0.1) is 0 Å². The van der Waals surface area contributed by atoms with Crippen LogP contribution in [0.25, 0.3) is 0 Å². The second-order valence-corrected chi connectivity index (χ2v) is 4.50. The fraction of sp³-hybridized carbons (Fsp3) is 0.188. The summed E-state index contributed by atoms with van der Waals surface area (Å²) in [5.41, 5.74) is 7.86. The number of nitrogens with two attached hydrogens (primary N) is 1. The van der Waals surface area contributed by atoms with Gasteiger partial charge in [-0.05, 0) is 23.8 Å². The number of anilines is 1. The third kappa shape index (κ3) is 4.30. The molecule has 0 aliphatic heterocycles. The molecule has 0 unspecified atom stereocenters. The van der Waals surface area contributed by atoms with E-state index in [9.17, 15) is 9.90 Å². The number of aliphatic hydroxyl groups excluding tert-OH is 1. The smallest absolute Gasteiger partial charge is 0.262 e. The van der Waals surface area contributed by atoms with Crippen LogP contribution >= 0.6 is 0 Å². The Morgan fingerprint density at radius 2 is 1.86 bits per heavy atom. The van der Waals surface area contributed by atoms with E-state index in [1.165, 1.54) is 0 Å². The number of amides is 1. The van der Waals surface area contributed by atoms with Crippen molar-refractivity contribution in [3.8, 4) is 5.75 Å². The molecule has 21 heavy (non-hydrogen) atoms. The van der Waals surface area contributed by atoms with E-state index >= 15 is 0 Å². The van der Waals surface area contributed by atoms with Crippen LogP contribution in [0.4, 0.5) is 5.69 Å². The third-order valence-corrected chi connectivity index (χ3v) is 2.98. The molecule has 1 amide bonds. The summed E-state index contributed by atoms with van der Waals surface area (Å²) in [7, 11) is 0. The van der Waals surface area contributed by atoms with Crippen LogP contribution in [-0.4, -0.2) is 17.6 Å². The minimum absolute atomic E-state index is 0.115. The summed E-state index contributed by atoms with van der Waals surface area (Å²) in [6, 6.07) is 14.4. The van der Waals surface area contributed by atoms with E-state index in [-0.39, 0.29) is 19.1 Å². The minimum Gasteiger partial charge on any atom is -0.483 e. The van der Waals surface area contributed by atoms with Crippen LogP contribution in [0.3, 0.4) is 0 Å². The van der Waals surface area contributed by atoms with Gasteiger partial charge in [0.15, 0.2) is 6.61 Å². The molecule has 2 rings (SSSR count). The zero-order chi connectivity index (χ0) is 15.1.